The Morgan fingerprint density at radius 3 is 2.53 bits per heavy atom. The first kappa shape index (κ1) is 10.3. The molecule has 2 aromatic carbocycles. The van der Waals surface area contributed by atoms with Gasteiger partial charge in [0.05, 0.1) is 0 Å². The molecule has 84 valence electrons. The minimum absolute atomic E-state index is 0.638. The van der Waals surface area contributed by atoms with E-state index in [0.717, 1.165) is 12.8 Å². The van der Waals surface area contributed by atoms with Crippen molar-refractivity contribution in [3.05, 3.63) is 77.4 Å². The van der Waals surface area contributed by atoms with Crippen LogP contribution in [0.5, 0.6) is 0 Å². The lowest BCUT2D eigenvalue weighted by molar-refractivity contribution is 0.689. The lowest BCUT2D eigenvalue weighted by atomic mass is 9.83. The Hall–Kier alpha value is -1.82. The average molecular weight is 220 g/mol. The van der Waals surface area contributed by atoms with E-state index in [-0.39, 0.29) is 0 Å². The van der Waals surface area contributed by atoms with Gasteiger partial charge in [-0.2, -0.15) is 0 Å². The van der Waals surface area contributed by atoms with Crippen molar-refractivity contribution in [1.82, 2.24) is 0 Å². The molecule has 1 aliphatic carbocycles. The van der Waals surface area contributed by atoms with E-state index >= 15 is 0 Å². The normalized spacial score (nSPS) is 17.8. The Balaban J connectivity index is 1.88. The van der Waals surface area contributed by atoms with Crippen molar-refractivity contribution in [2.75, 3.05) is 0 Å². The molecule has 1 atom stereocenters. The third-order valence-corrected chi connectivity index (χ3v) is 3.48. The molecule has 0 N–H and O–H groups in total. The van der Waals surface area contributed by atoms with Crippen LogP contribution in [-0.4, -0.2) is 0 Å². The summed E-state index contributed by atoms with van der Waals surface area (Å²) in [6.45, 7) is 0. The van der Waals surface area contributed by atoms with Crippen LogP contribution in [0.1, 0.15) is 29.0 Å². The molecule has 0 nitrogen and oxygen atoms in total. The molecular formula is C17H16. The van der Waals surface area contributed by atoms with Gasteiger partial charge in [0, 0.05) is 0 Å². The van der Waals surface area contributed by atoms with Crippen LogP contribution in [0.2, 0.25) is 0 Å². The predicted molar refractivity (Wildman–Crippen MR) is 73.0 cm³/mol. The van der Waals surface area contributed by atoms with Gasteiger partial charge in [0.1, 0.15) is 0 Å². The van der Waals surface area contributed by atoms with Crippen LogP contribution in [0.25, 0.3) is 6.08 Å². The summed E-state index contributed by atoms with van der Waals surface area (Å²) in [5, 5.41) is 0. The smallest absolute Gasteiger partial charge is 0.00809 e. The number of hydrogen-bond acceptors (Lipinski definition) is 0. The van der Waals surface area contributed by atoms with E-state index in [1.54, 1.807) is 0 Å². The molecule has 0 saturated heterocycles. The van der Waals surface area contributed by atoms with Gasteiger partial charge < -0.3 is 0 Å². The minimum Gasteiger partial charge on any atom is -0.0833 e. The molecular weight excluding hydrogens is 204 g/mol. The third kappa shape index (κ3) is 2.16. The molecule has 0 radical (unpaired) electrons. The molecule has 0 spiro atoms. The first-order valence-corrected chi connectivity index (χ1v) is 6.23. The minimum atomic E-state index is 0.638. The highest BCUT2D eigenvalue weighted by Gasteiger charge is 2.16. The van der Waals surface area contributed by atoms with Crippen molar-refractivity contribution in [2.24, 2.45) is 0 Å². The van der Waals surface area contributed by atoms with Crippen molar-refractivity contribution in [3.8, 4) is 0 Å². The van der Waals surface area contributed by atoms with Crippen LogP contribution in [0, 0.1) is 0 Å². The fourth-order valence-electron chi connectivity index (χ4n) is 2.61. The van der Waals surface area contributed by atoms with Gasteiger partial charge in [-0.1, -0.05) is 66.7 Å². The number of benzene rings is 2. The van der Waals surface area contributed by atoms with Gasteiger partial charge in [-0.25, -0.2) is 0 Å². The van der Waals surface area contributed by atoms with Gasteiger partial charge in [0.2, 0.25) is 0 Å². The number of rotatable bonds is 2. The lowest BCUT2D eigenvalue weighted by Crippen LogP contribution is -2.06. The van der Waals surface area contributed by atoms with Crippen molar-refractivity contribution in [3.63, 3.8) is 0 Å². The first-order chi connectivity index (χ1) is 8.43. The number of fused-ring (bicyclic) bond motifs is 1. The van der Waals surface area contributed by atoms with Gasteiger partial charge in [0.25, 0.3) is 0 Å². The summed E-state index contributed by atoms with van der Waals surface area (Å²) < 4.78 is 0. The quantitative estimate of drug-likeness (QED) is 0.702. The average Bonchev–Trinajstić information content (AvgIpc) is 2.40. The van der Waals surface area contributed by atoms with Gasteiger partial charge in [-0.15, -0.1) is 0 Å². The third-order valence-electron chi connectivity index (χ3n) is 3.48. The molecule has 17 heavy (non-hydrogen) atoms. The largest absolute Gasteiger partial charge is 0.0833 e. The van der Waals surface area contributed by atoms with Crippen molar-refractivity contribution >= 4 is 6.08 Å². The van der Waals surface area contributed by atoms with Gasteiger partial charge >= 0.3 is 0 Å². The molecule has 0 heterocycles. The molecule has 1 unspecified atom stereocenters. The molecule has 0 saturated carbocycles. The van der Waals surface area contributed by atoms with Crippen LogP contribution >= 0.6 is 0 Å². The number of allylic oxidation sites excluding steroid dienone is 1. The Morgan fingerprint density at radius 2 is 1.65 bits per heavy atom. The van der Waals surface area contributed by atoms with E-state index in [4.69, 9.17) is 0 Å². The van der Waals surface area contributed by atoms with E-state index < -0.39 is 0 Å². The Labute approximate surface area is 103 Å². The Kier molecular flexibility index (Phi) is 2.79. The zero-order chi connectivity index (χ0) is 11.5. The SMILES string of the molecule is C1=Cc2ccccc2C(Cc2ccccc2)C1. The lowest BCUT2D eigenvalue weighted by Gasteiger charge is -2.21. The van der Waals surface area contributed by atoms with Gasteiger partial charge in [-0.05, 0) is 35.4 Å². The van der Waals surface area contributed by atoms with Crippen molar-refractivity contribution in [1.29, 1.82) is 0 Å². The zero-order valence-corrected chi connectivity index (χ0v) is 9.84. The molecule has 0 fully saturated rings. The first-order valence-electron chi connectivity index (χ1n) is 6.23. The molecule has 0 aromatic heterocycles. The maximum Gasteiger partial charge on any atom is -0.00809 e. The maximum atomic E-state index is 2.30. The van der Waals surface area contributed by atoms with Crippen molar-refractivity contribution in [2.45, 2.75) is 18.8 Å². The Morgan fingerprint density at radius 1 is 0.882 bits per heavy atom. The summed E-state index contributed by atoms with van der Waals surface area (Å²) >= 11 is 0. The second-order valence-electron chi connectivity index (χ2n) is 4.65. The van der Waals surface area contributed by atoms with Crippen LogP contribution < -0.4 is 0 Å². The molecule has 0 aliphatic heterocycles. The monoisotopic (exact) mass is 220 g/mol. The summed E-state index contributed by atoms with van der Waals surface area (Å²) in [6.07, 6.45) is 6.85. The number of hydrogen-bond donors (Lipinski definition) is 0. The fourth-order valence-corrected chi connectivity index (χ4v) is 2.61. The van der Waals surface area contributed by atoms with E-state index in [9.17, 15) is 0 Å². The van der Waals surface area contributed by atoms with E-state index in [1.165, 1.54) is 16.7 Å². The highest BCUT2D eigenvalue weighted by atomic mass is 14.2. The van der Waals surface area contributed by atoms with E-state index in [1.807, 2.05) is 0 Å². The van der Waals surface area contributed by atoms with Gasteiger partial charge in [-0.3, -0.25) is 0 Å². The van der Waals surface area contributed by atoms with Crippen LogP contribution in [0.4, 0.5) is 0 Å². The topological polar surface area (TPSA) is 0 Å². The zero-order valence-electron chi connectivity index (χ0n) is 9.84. The predicted octanol–water partition coefficient (Wildman–Crippen LogP) is 4.43. The molecule has 1 aliphatic rings. The van der Waals surface area contributed by atoms with Gasteiger partial charge in [0.15, 0.2) is 0 Å². The molecule has 0 amide bonds. The summed E-state index contributed by atoms with van der Waals surface area (Å²) in [4.78, 5) is 0. The van der Waals surface area contributed by atoms with Crippen LogP contribution in [0.3, 0.4) is 0 Å². The highest BCUT2D eigenvalue weighted by molar-refractivity contribution is 5.57. The molecule has 0 bridgehead atoms. The highest BCUT2D eigenvalue weighted by Crippen LogP contribution is 2.32. The van der Waals surface area contributed by atoms with E-state index in [2.05, 4.69) is 66.7 Å². The standard InChI is InChI=1S/C17H16/c1-2-7-14(8-3-1)13-16-11-6-10-15-9-4-5-12-17(15)16/h1-10,12,16H,11,13H2. The molecule has 2 aromatic rings. The summed E-state index contributed by atoms with van der Waals surface area (Å²) in [6, 6.07) is 19.5. The van der Waals surface area contributed by atoms with E-state index in [0.29, 0.717) is 5.92 Å². The van der Waals surface area contributed by atoms with Crippen molar-refractivity contribution < 1.29 is 0 Å². The van der Waals surface area contributed by atoms with Crippen LogP contribution in [-0.2, 0) is 6.42 Å². The summed E-state index contributed by atoms with van der Waals surface area (Å²) in [7, 11) is 0. The second kappa shape index (κ2) is 4.58. The summed E-state index contributed by atoms with van der Waals surface area (Å²) in [5.74, 6) is 0.638. The second-order valence-corrected chi connectivity index (χ2v) is 4.65. The Bertz CT molecular complexity index is 523. The molecule has 3 rings (SSSR count). The van der Waals surface area contributed by atoms with Crippen LogP contribution in [0.15, 0.2) is 60.7 Å². The summed E-state index contributed by atoms with van der Waals surface area (Å²) in [5.41, 5.74) is 4.32. The molecule has 0 heteroatoms. The fraction of sp³-hybridized carbons (Fsp3) is 0.176. The maximum absolute atomic E-state index is 2.30.